The summed E-state index contributed by atoms with van der Waals surface area (Å²) in [5.74, 6) is 2.88. The van der Waals surface area contributed by atoms with Gasteiger partial charge in [0.2, 0.25) is 0 Å². The monoisotopic (exact) mass is 339 g/mol. The highest BCUT2D eigenvalue weighted by atomic mass is 32.1. The Balaban J connectivity index is 1.64. The normalized spacial score (nSPS) is 10.8. The summed E-state index contributed by atoms with van der Waals surface area (Å²) in [7, 11) is 0. The summed E-state index contributed by atoms with van der Waals surface area (Å²) in [6.07, 6.45) is 0. The molecule has 0 fully saturated rings. The predicted octanol–water partition coefficient (Wildman–Crippen LogP) is 5.95. The van der Waals surface area contributed by atoms with E-state index in [1.165, 1.54) is 22.0 Å². The van der Waals surface area contributed by atoms with Crippen molar-refractivity contribution < 1.29 is 9.47 Å². The smallest absolute Gasteiger partial charge is 0.131 e. The zero-order valence-corrected chi connectivity index (χ0v) is 15.0. The van der Waals surface area contributed by atoms with Crippen molar-refractivity contribution in [2.24, 2.45) is 0 Å². The van der Waals surface area contributed by atoms with Crippen molar-refractivity contribution >= 4 is 11.5 Å². The Morgan fingerprint density at radius 3 is 2.38 bits per heavy atom. The first-order chi connectivity index (χ1) is 11.6. The Hall–Kier alpha value is -2.33. The van der Waals surface area contributed by atoms with Crippen LogP contribution in [0.5, 0.6) is 17.2 Å². The highest BCUT2D eigenvalue weighted by Gasteiger charge is 2.04. The molecule has 0 N–H and O–H groups in total. The molecule has 3 nitrogen and oxygen atoms in total. The van der Waals surface area contributed by atoms with Gasteiger partial charge in [0, 0.05) is 10.9 Å². The molecule has 0 unspecified atom stereocenters. The standard InChI is InChI=1S/C20H21NO2S/c1-14(2)16-7-9-18(10-8-16)23-20-6-4-5-19(12-20)22-13-17-11-15(3)24-21-17/h4-12,14H,13H2,1-3H3. The molecule has 0 saturated heterocycles. The SMILES string of the molecule is Cc1cc(COc2cccc(Oc3ccc(C(C)C)cc3)c2)ns1. The maximum absolute atomic E-state index is 5.92. The fourth-order valence-electron chi connectivity index (χ4n) is 2.33. The van der Waals surface area contributed by atoms with Crippen molar-refractivity contribution in [1.29, 1.82) is 0 Å². The molecule has 3 rings (SSSR count). The fourth-order valence-corrected chi connectivity index (χ4v) is 2.88. The molecule has 0 radical (unpaired) electrons. The molecule has 3 aromatic rings. The second kappa shape index (κ2) is 7.49. The van der Waals surface area contributed by atoms with E-state index in [2.05, 4.69) is 30.4 Å². The number of nitrogens with zero attached hydrogens (tertiary/aromatic N) is 1. The fraction of sp³-hybridized carbons (Fsp3) is 0.250. The molecular formula is C20H21NO2S. The van der Waals surface area contributed by atoms with E-state index < -0.39 is 0 Å². The van der Waals surface area contributed by atoms with Gasteiger partial charge >= 0.3 is 0 Å². The number of aryl methyl sites for hydroxylation is 1. The van der Waals surface area contributed by atoms with Crippen LogP contribution in [-0.2, 0) is 6.61 Å². The number of ether oxygens (including phenoxy) is 2. The lowest BCUT2D eigenvalue weighted by atomic mass is 10.0. The van der Waals surface area contributed by atoms with E-state index in [4.69, 9.17) is 9.47 Å². The minimum absolute atomic E-state index is 0.469. The van der Waals surface area contributed by atoms with Crippen LogP contribution < -0.4 is 9.47 Å². The highest BCUT2D eigenvalue weighted by Crippen LogP contribution is 2.27. The van der Waals surface area contributed by atoms with Crippen LogP contribution >= 0.6 is 11.5 Å². The molecule has 0 atom stereocenters. The van der Waals surface area contributed by atoms with E-state index in [1.807, 2.05) is 49.4 Å². The summed E-state index contributed by atoms with van der Waals surface area (Å²) in [6, 6.07) is 17.9. The Kier molecular flexibility index (Phi) is 5.16. The lowest BCUT2D eigenvalue weighted by Crippen LogP contribution is -1.95. The number of hydrogen-bond acceptors (Lipinski definition) is 4. The largest absolute Gasteiger partial charge is 0.487 e. The quantitative estimate of drug-likeness (QED) is 0.556. The molecule has 0 spiro atoms. The summed E-state index contributed by atoms with van der Waals surface area (Å²) in [5.41, 5.74) is 2.26. The average Bonchev–Trinajstić information content (AvgIpc) is 2.99. The number of benzene rings is 2. The summed E-state index contributed by atoms with van der Waals surface area (Å²) < 4.78 is 16.0. The van der Waals surface area contributed by atoms with Crippen LogP contribution in [0.3, 0.4) is 0 Å². The molecule has 0 aliphatic carbocycles. The third kappa shape index (κ3) is 4.36. The summed E-state index contributed by atoms with van der Waals surface area (Å²) in [4.78, 5) is 1.19. The molecule has 2 aromatic carbocycles. The van der Waals surface area contributed by atoms with Crippen LogP contribution in [0.15, 0.2) is 54.6 Å². The van der Waals surface area contributed by atoms with E-state index in [0.29, 0.717) is 12.5 Å². The molecule has 0 amide bonds. The van der Waals surface area contributed by atoms with Gasteiger partial charge in [0.15, 0.2) is 0 Å². The minimum atomic E-state index is 0.469. The number of rotatable bonds is 6. The summed E-state index contributed by atoms with van der Waals surface area (Å²) >= 11 is 1.49. The van der Waals surface area contributed by atoms with Crippen LogP contribution in [0, 0.1) is 6.92 Å². The average molecular weight is 339 g/mol. The molecule has 0 aliphatic heterocycles. The first kappa shape index (κ1) is 16.5. The highest BCUT2D eigenvalue weighted by molar-refractivity contribution is 7.05. The van der Waals surface area contributed by atoms with Gasteiger partial charge in [0.1, 0.15) is 23.9 Å². The van der Waals surface area contributed by atoms with Crippen LogP contribution in [0.2, 0.25) is 0 Å². The molecule has 24 heavy (non-hydrogen) atoms. The second-order valence-corrected chi connectivity index (χ2v) is 7.03. The molecule has 4 heteroatoms. The Morgan fingerprint density at radius 1 is 0.958 bits per heavy atom. The van der Waals surface area contributed by atoms with Gasteiger partial charge in [-0.2, -0.15) is 4.37 Å². The third-order valence-corrected chi connectivity index (χ3v) is 4.38. The van der Waals surface area contributed by atoms with Gasteiger partial charge < -0.3 is 9.47 Å². The summed E-state index contributed by atoms with van der Waals surface area (Å²) in [6.45, 7) is 6.87. The zero-order chi connectivity index (χ0) is 16.9. The second-order valence-electron chi connectivity index (χ2n) is 6.02. The topological polar surface area (TPSA) is 31.4 Å². The lowest BCUT2D eigenvalue weighted by Gasteiger charge is -2.10. The maximum atomic E-state index is 5.92. The Labute approximate surface area is 147 Å². The van der Waals surface area contributed by atoms with Crippen molar-refractivity contribution in [3.05, 3.63) is 70.7 Å². The van der Waals surface area contributed by atoms with Gasteiger partial charge in [-0.1, -0.05) is 32.0 Å². The molecule has 1 aromatic heterocycles. The van der Waals surface area contributed by atoms with Crippen molar-refractivity contribution in [3.8, 4) is 17.2 Å². The van der Waals surface area contributed by atoms with Crippen molar-refractivity contribution in [3.63, 3.8) is 0 Å². The van der Waals surface area contributed by atoms with Gasteiger partial charge in [0.05, 0.1) is 5.69 Å². The van der Waals surface area contributed by atoms with Crippen molar-refractivity contribution in [1.82, 2.24) is 4.37 Å². The molecule has 0 bridgehead atoms. The van der Waals surface area contributed by atoms with Crippen LogP contribution in [0.25, 0.3) is 0 Å². The van der Waals surface area contributed by atoms with Gasteiger partial charge in [-0.3, -0.25) is 0 Å². The maximum Gasteiger partial charge on any atom is 0.131 e. The lowest BCUT2D eigenvalue weighted by molar-refractivity contribution is 0.301. The van der Waals surface area contributed by atoms with E-state index in [-0.39, 0.29) is 0 Å². The Morgan fingerprint density at radius 2 is 1.71 bits per heavy atom. The van der Waals surface area contributed by atoms with Crippen LogP contribution in [-0.4, -0.2) is 4.37 Å². The van der Waals surface area contributed by atoms with Gasteiger partial charge in [0.25, 0.3) is 0 Å². The van der Waals surface area contributed by atoms with Gasteiger partial charge in [-0.15, -0.1) is 0 Å². The van der Waals surface area contributed by atoms with Crippen molar-refractivity contribution in [2.45, 2.75) is 33.3 Å². The third-order valence-electron chi connectivity index (χ3n) is 3.65. The zero-order valence-electron chi connectivity index (χ0n) is 14.2. The number of aromatic nitrogens is 1. The molecule has 0 saturated carbocycles. The van der Waals surface area contributed by atoms with Gasteiger partial charge in [-0.05, 0) is 60.3 Å². The van der Waals surface area contributed by atoms with E-state index in [1.54, 1.807) is 0 Å². The molecule has 1 heterocycles. The van der Waals surface area contributed by atoms with Crippen LogP contribution in [0.1, 0.15) is 35.9 Å². The Bertz CT molecular complexity index is 793. The predicted molar refractivity (Wildman–Crippen MR) is 98.2 cm³/mol. The minimum Gasteiger partial charge on any atom is -0.487 e. The van der Waals surface area contributed by atoms with Gasteiger partial charge in [-0.25, -0.2) is 0 Å². The van der Waals surface area contributed by atoms with Crippen molar-refractivity contribution in [2.75, 3.05) is 0 Å². The van der Waals surface area contributed by atoms with E-state index in [9.17, 15) is 0 Å². The number of hydrogen-bond donors (Lipinski definition) is 0. The van der Waals surface area contributed by atoms with Crippen LogP contribution in [0.4, 0.5) is 0 Å². The first-order valence-corrected chi connectivity index (χ1v) is 8.80. The van der Waals surface area contributed by atoms with E-state index in [0.717, 1.165) is 22.9 Å². The van der Waals surface area contributed by atoms with E-state index >= 15 is 0 Å². The summed E-state index contributed by atoms with van der Waals surface area (Å²) in [5, 5.41) is 0. The molecule has 0 aliphatic rings. The molecule has 124 valence electrons. The molecular weight excluding hydrogens is 318 g/mol. The first-order valence-electron chi connectivity index (χ1n) is 8.03.